The average Bonchev–Trinajstić information content (AvgIpc) is 1.53. The van der Waals surface area contributed by atoms with Crippen LogP contribution < -0.4 is 64.8 Å². The Labute approximate surface area is 834 Å². The second-order valence-electron chi connectivity index (χ2n) is 37.4. The molecule has 11 heterocycles. The van der Waals surface area contributed by atoms with Gasteiger partial charge in [-0.05, 0) is 154 Å². The molecule has 0 N–H and O–H groups in total. The van der Waals surface area contributed by atoms with Crippen LogP contribution in [0.1, 0.15) is 0 Å². The summed E-state index contributed by atoms with van der Waals surface area (Å²) in [5.74, 6) is 1.72. The summed E-state index contributed by atoms with van der Waals surface area (Å²) in [5, 5.41) is 16.5. The molecule has 0 fully saturated rings. The van der Waals surface area contributed by atoms with E-state index in [1.807, 2.05) is 91.0 Å². The summed E-state index contributed by atoms with van der Waals surface area (Å²) in [6.07, 6.45) is 0. The Balaban J connectivity index is 0.000000103. The predicted molar refractivity (Wildman–Crippen MR) is 601 cm³/mol. The van der Waals surface area contributed by atoms with Crippen molar-refractivity contribution >= 4 is 242 Å². The van der Waals surface area contributed by atoms with Gasteiger partial charge >= 0.3 is 20.1 Å². The van der Waals surface area contributed by atoms with Gasteiger partial charge in [-0.1, -0.05) is 386 Å². The van der Waals surface area contributed by atoms with E-state index in [9.17, 15) is 0 Å². The maximum absolute atomic E-state index is 7.01. The van der Waals surface area contributed by atoms with E-state index in [1.54, 1.807) is 0 Å². The predicted octanol–water partition coefficient (Wildman–Crippen LogP) is 26.9. The molecule has 676 valence electrons. The zero-order chi connectivity index (χ0) is 95.3. The number of anilines is 9. The SMILES string of the molecule is c1ccc(B2c3oc4ccccc4c3N(c3ccc4c(c3)oc3ccccc34)c3c2n(-c2ccccc2)c2ccccc32)cc1.c1ccc(B2c3oc4ccccc4c3N(c3ccc4c5ccccc5c5ccccc5c4c3)c3c2n(-c2ccccc2)c2ccccc32)cc1.c1ccc(B2c3oc4ccccc4c3N(c3nc(-c4ccccc4)nc(-c4ccccc4)n3)c3c2n(-c2ccccc2)c2ccccc32)cc1. The van der Waals surface area contributed by atoms with Crippen molar-refractivity contribution in [3.05, 3.63) is 497 Å². The summed E-state index contributed by atoms with van der Waals surface area (Å²) in [6.45, 7) is -0.494. The van der Waals surface area contributed by atoms with Gasteiger partial charge in [0.25, 0.3) is 0 Å². The van der Waals surface area contributed by atoms with Gasteiger partial charge in [-0.15, -0.1) is 0 Å². The Kier molecular flexibility index (Phi) is 19.3. The molecule has 145 heavy (non-hydrogen) atoms. The molecule has 16 heteroatoms. The molecule has 20 aromatic carbocycles. The summed E-state index contributed by atoms with van der Waals surface area (Å²) in [5.41, 5.74) is 31.1. The highest BCUT2D eigenvalue weighted by atomic mass is 16.3. The van der Waals surface area contributed by atoms with Crippen LogP contribution in [0.2, 0.25) is 0 Å². The molecular formula is C129H82B3N9O4. The molecule has 28 aromatic rings. The van der Waals surface area contributed by atoms with Crippen molar-refractivity contribution < 1.29 is 17.7 Å². The number of hydrogen-bond donors (Lipinski definition) is 0. The molecule has 0 unspecified atom stereocenters. The van der Waals surface area contributed by atoms with Crippen molar-refractivity contribution in [1.82, 2.24) is 28.7 Å². The maximum atomic E-state index is 7.01. The topological polar surface area (TPSA) is 116 Å². The fourth-order valence-corrected chi connectivity index (χ4v) is 23.3. The highest BCUT2D eigenvalue weighted by Gasteiger charge is 2.49. The zero-order valence-corrected chi connectivity index (χ0v) is 78.2. The Morgan fingerprint density at radius 1 is 0.172 bits per heavy atom. The number of aromatic nitrogens is 6. The lowest BCUT2D eigenvalue weighted by atomic mass is 9.39. The van der Waals surface area contributed by atoms with Crippen molar-refractivity contribution in [2.75, 3.05) is 14.7 Å². The number of benzene rings is 20. The van der Waals surface area contributed by atoms with E-state index >= 15 is 0 Å². The largest absolute Gasteiger partial charge is 0.468 e. The van der Waals surface area contributed by atoms with Gasteiger partial charge in [0.05, 0.1) is 56.4 Å². The number of nitrogens with zero attached hydrogens (tertiary/aromatic N) is 9. The summed E-state index contributed by atoms with van der Waals surface area (Å²) < 4.78 is 34.6. The van der Waals surface area contributed by atoms with Crippen molar-refractivity contribution in [3.8, 4) is 39.8 Å². The zero-order valence-electron chi connectivity index (χ0n) is 78.2. The van der Waals surface area contributed by atoms with Crippen LogP contribution in [-0.2, 0) is 0 Å². The molecule has 8 aromatic heterocycles. The highest BCUT2D eigenvalue weighted by Crippen LogP contribution is 2.52. The van der Waals surface area contributed by atoms with Crippen molar-refractivity contribution in [2.24, 2.45) is 0 Å². The fourth-order valence-electron chi connectivity index (χ4n) is 23.3. The highest BCUT2D eigenvalue weighted by molar-refractivity contribution is 6.99. The minimum absolute atomic E-state index is 0.136. The number of para-hydroxylation sites is 10. The quantitative estimate of drug-likeness (QED) is 0.0915. The van der Waals surface area contributed by atoms with Crippen molar-refractivity contribution in [2.45, 2.75) is 0 Å². The summed E-state index contributed by atoms with van der Waals surface area (Å²) >= 11 is 0. The molecule has 0 amide bonds. The van der Waals surface area contributed by atoms with Crippen LogP contribution in [-0.4, -0.2) is 48.8 Å². The monoisotopic (exact) mass is 1850 g/mol. The Hall–Kier alpha value is -19.2. The lowest BCUT2D eigenvalue weighted by molar-refractivity contribution is 0.650. The molecule has 0 saturated carbocycles. The Bertz CT molecular complexity index is 9870. The first kappa shape index (κ1) is 82.9. The van der Waals surface area contributed by atoms with Gasteiger partial charge in [-0.25, -0.2) is 4.98 Å². The Morgan fingerprint density at radius 2 is 0.434 bits per heavy atom. The van der Waals surface area contributed by atoms with Gasteiger partial charge < -0.3 is 41.2 Å². The van der Waals surface area contributed by atoms with Crippen molar-refractivity contribution in [3.63, 3.8) is 0 Å². The molecule has 3 aliphatic rings. The fraction of sp³-hybridized carbons (Fsp3) is 0. The standard InChI is InChI=1S/C46H29BN2O.C43H28BN5O.C40H25BN2O2/c1-3-15-30(16-4-1)47-45-43(38-23-11-13-25-41(38)48(45)31-17-5-2-6-18-31)49(44-39-24-12-14-26-42(39)50-46(44)47)32-27-28-37-35-21-8-7-19-33(35)34-20-9-10-22-36(34)40(37)29-32;1-5-17-29(18-6-1)41-45-42(30-19-7-2-8-20-30)47-43(46-41)49-37-33-25-13-15-27-35(33)48(32-23-11-4-12-24-32)39(37)44(31-21-9-3-10-22-31)40-38(49)34-26-14-16-28-36(34)50-40;1-3-13-26(14-4-1)41-39-37(31-18-7-10-20-33(31)42(39)27-15-5-2-6-16-27)43(38-32-19-9-12-22-35(32)45-40(38)41)28-23-24-30-29-17-8-11-21-34(29)44-36(30)25-28/h1-29H;1-28H;1-25H. The molecular weight excluding hydrogens is 1770 g/mol. The molecule has 0 atom stereocenters. The molecule has 0 bridgehead atoms. The first-order valence-electron chi connectivity index (χ1n) is 49.3. The molecule has 0 aliphatic carbocycles. The summed E-state index contributed by atoms with van der Waals surface area (Å²) in [6, 6.07) is 175. The second kappa shape index (κ2) is 33.8. The molecule has 3 aliphatic heterocycles. The third-order valence-corrected chi connectivity index (χ3v) is 29.3. The summed E-state index contributed by atoms with van der Waals surface area (Å²) in [7, 11) is 0. The molecule has 0 spiro atoms. The third-order valence-electron chi connectivity index (χ3n) is 29.3. The van der Waals surface area contributed by atoms with E-state index in [0.29, 0.717) is 17.6 Å². The van der Waals surface area contributed by atoms with Gasteiger partial charge in [-0.2, -0.15) is 9.97 Å². The van der Waals surface area contributed by atoms with Crippen LogP contribution in [0.5, 0.6) is 0 Å². The van der Waals surface area contributed by atoms with E-state index in [2.05, 4.69) is 435 Å². The van der Waals surface area contributed by atoms with Gasteiger partial charge in [0.15, 0.2) is 11.6 Å². The third kappa shape index (κ3) is 13.2. The first-order valence-corrected chi connectivity index (χ1v) is 49.3. The number of fused-ring (bicyclic) bond motifs is 27. The van der Waals surface area contributed by atoms with Crippen LogP contribution in [0.3, 0.4) is 0 Å². The number of furan rings is 4. The molecule has 0 radical (unpaired) electrons. The lowest BCUT2D eigenvalue weighted by Crippen LogP contribution is -2.58. The molecule has 31 rings (SSSR count). The summed E-state index contributed by atoms with van der Waals surface area (Å²) in [4.78, 5) is 22.7. The van der Waals surface area contributed by atoms with E-state index in [1.165, 1.54) is 76.4 Å². The van der Waals surface area contributed by atoms with Crippen LogP contribution in [0.4, 0.5) is 51.4 Å². The van der Waals surface area contributed by atoms with E-state index in [0.717, 1.165) is 167 Å². The van der Waals surface area contributed by atoms with Crippen LogP contribution in [0.15, 0.2) is 515 Å². The van der Waals surface area contributed by atoms with Gasteiger partial charge in [0, 0.05) is 99.8 Å². The molecule has 0 saturated heterocycles. The van der Waals surface area contributed by atoms with Crippen LogP contribution >= 0.6 is 0 Å². The number of hydrogen-bond acceptors (Lipinski definition) is 10. The van der Waals surface area contributed by atoms with Crippen molar-refractivity contribution in [1.29, 1.82) is 0 Å². The maximum Gasteiger partial charge on any atom is 0.313 e. The minimum Gasteiger partial charge on any atom is -0.468 e. The second-order valence-corrected chi connectivity index (χ2v) is 37.4. The smallest absolute Gasteiger partial charge is 0.313 e. The first-order chi connectivity index (χ1) is 72.0. The van der Waals surface area contributed by atoms with E-state index in [-0.39, 0.29) is 20.1 Å². The van der Waals surface area contributed by atoms with E-state index in [4.69, 9.17) is 32.6 Å². The lowest BCUT2D eigenvalue weighted by Gasteiger charge is -2.34. The normalized spacial score (nSPS) is 12.6. The average molecular weight is 1850 g/mol. The Morgan fingerprint density at radius 3 is 0.807 bits per heavy atom. The minimum atomic E-state index is -0.221. The van der Waals surface area contributed by atoms with Crippen LogP contribution in [0, 0.1) is 0 Å². The molecule has 13 nitrogen and oxygen atoms in total. The van der Waals surface area contributed by atoms with Gasteiger partial charge in [0.2, 0.25) is 5.95 Å². The number of rotatable bonds is 11. The van der Waals surface area contributed by atoms with E-state index < -0.39 is 0 Å². The van der Waals surface area contributed by atoms with Gasteiger partial charge in [0.1, 0.15) is 44.9 Å². The van der Waals surface area contributed by atoms with Crippen LogP contribution in [0.25, 0.3) is 160 Å². The van der Waals surface area contributed by atoms with Gasteiger partial charge in [-0.3, -0.25) is 4.90 Å².